The van der Waals surface area contributed by atoms with Crippen molar-refractivity contribution in [1.82, 2.24) is 9.36 Å². The molecule has 14 heteroatoms. The van der Waals surface area contributed by atoms with Gasteiger partial charge in [-0.2, -0.15) is 9.64 Å². The lowest BCUT2D eigenvalue weighted by Gasteiger charge is -2.23. The van der Waals surface area contributed by atoms with Gasteiger partial charge in [-0.05, 0) is 59.0 Å². The molecule has 4 aromatic rings. The number of benzene rings is 3. The molecule has 38 heavy (non-hydrogen) atoms. The topological polar surface area (TPSA) is 115 Å². The lowest BCUT2D eigenvalue weighted by atomic mass is 10.2. The number of nitrogens with zero attached hydrogens (tertiary/aromatic N) is 4. The number of aromatic nitrogens is 2. The van der Waals surface area contributed by atoms with Gasteiger partial charge in [0.05, 0.1) is 39.8 Å². The van der Waals surface area contributed by atoms with Gasteiger partial charge in [-0.15, -0.1) is 0 Å². The summed E-state index contributed by atoms with van der Waals surface area (Å²) in [5.41, 5.74) is 0.497. The summed E-state index contributed by atoms with van der Waals surface area (Å²) in [6.07, 6.45) is 1.25. The summed E-state index contributed by atoms with van der Waals surface area (Å²) in [6, 6.07) is 13.3. The number of halogens is 3. The first-order valence-electron chi connectivity index (χ1n) is 10.5. The van der Waals surface area contributed by atoms with Gasteiger partial charge in [-0.3, -0.25) is 0 Å². The Kier molecular flexibility index (Phi) is 8.56. The molecular weight excluding hydrogens is 670 g/mol. The minimum atomic E-state index is -4.23. The molecule has 0 amide bonds. The van der Waals surface area contributed by atoms with Crippen LogP contribution >= 0.6 is 45.7 Å². The second-order valence-corrected chi connectivity index (χ2v) is 11.7. The van der Waals surface area contributed by atoms with Crippen molar-refractivity contribution >= 4 is 60.9 Å². The van der Waals surface area contributed by atoms with Crippen LogP contribution in [0.1, 0.15) is 11.1 Å². The zero-order valence-corrected chi connectivity index (χ0v) is 24.2. The van der Waals surface area contributed by atoms with Crippen molar-refractivity contribution in [1.29, 1.82) is 5.26 Å². The molecule has 196 valence electrons. The van der Waals surface area contributed by atoms with Crippen LogP contribution in [0.25, 0.3) is 0 Å². The highest BCUT2D eigenvalue weighted by molar-refractivity contribution is 14.1. The molecule has 1 heterocycles. The minimum Gasteiger partial charge on any atom is -0.497 e. The Morgan fingerprint density at radius 3 is 2.55 bits per heavy atom. The van der Waals surface area contributed by atoms with Crippen molar-refractivity contribution < 1.29 is 27.0 Å². The molecule has 0 aliphatic rings. The van der Waals surface area contributed by atoms with Gasteiger partial charge < -0.3 is 14.2 Å². The summed E-state index contributed by atoms with van der Waals surface area (Å²) in [6.45, 7) is -0.128. The molecule has 0 fully saturated rings. The van der Waals surface area contributed by atoms with E-state index in [2.05, 4.69) is 9.36 Å². The molecule has 0 aliphatic carbocycles. The van der Waals surface area contributed by atoms with E-state index in [1.165, 1.54) is 50.9 Å². The summed E-state index contributed by atoms with van der Waals surface area (Å²) in [7, 11) is -1.25. The molecule has 0 radical (unpaired) electrons. The SMILES string of the molecule is COc1ccc(CN(c2ncns2)S(=O)(=O)c2ccc(Oc3cc(Cl)c(F)cc3I)c(C#N)c2)c(OC)c1. The number of hydrogen-bond donors (Lipinski definition) is 0. The Morgan fingerprint density at radius 2 is 1.89 bits per heavy atom. The van der Waals surface area contributed by atoms with E-state index in [0.29, 0.717) is 20.6 Å². The molecule has 0 unspecified atom stereocenters. The molecule has 1 aromatic heterocycles. The predicted molar refractivity (Wildman–Crippen MR) is 148 cm³/mol. The fourth-order valence-electron chi connectivity index (χ4n) is 3.34. The van der Waals surface area contributed by atoms with Crippen LogP contribution in [0.2, 0.25) is 5.02 Å². The lowest BCUT2D eigenvalue weighted by molar-refractivity contribution is 0.391. The van der Waals surface area contributed by atoms with Gasteiger partial charge in [0.15, 0.2) is 0 Å². The smallest absolute Gasteiger partial charge is 0.266 e. The molecule has 0 N–H and O–H groups in total. The second-order valence-electron chi connectivity index (χ2n) is 7.48. The first kappa shape index (κ1) is 27.8. The largest absolute Gasteiger partial charge is 0.497 e. The van der Waals surface area contributed by atoms with Gasteiger partial charge in [0.1, 0.15) is 41.2 Å². The Labute approximate surface area is 240 Å². The molecule has 0 aliphatic heterocycles. The molecule has 0 saturated heterocycles. The van der Waals surface area contributed by atoms with Crippen molar-refractivity contribution in [3.05, 3.63) is 80.4 Å². The molecule has 0 spiro atoms. The van der Waals surface area contributed by atoms with Gasteiger partial charge in [-0.25, -0.2) is 22.1 Å². The maximum absolute atomic E-state index is 13.8. The van der Waals surface area contributed by atoms with E-state index in [9.17, 15) is 18.1 Å². The Balaban J connectivity index is 1.73. The quantitative estimate of drug-likeness (QED) is 0.155. The lowest BCUT2D eigenvalue weighted by Crippen LogP contribution is -2.30. The number of anilines is 1. The van der Waals surface area contributed by atoms with Crippen molar-refractivity contribution in [3.63, 3.8) is 0 Å². The van der Waals surface area contributed by atoms with Crippen LogP contribution in [0.5, 0.6) is 23.0 Å². The van der Waals surface area contributed by atoms with E-state index in [0.717, 1.165) is 15.8 Å². The van der Waals surface area contributed by atoms with Gasteiger partial charge in [0.2, 0.25) is 5.13 Å². The molecule has 3 aromatic carbocycles. The van der Waals surface area contributed by atoms with E-state index in [1.807, 2.05) is 28.7 Å². The van der Waals surface area contributed by atoms with Crippen LogP contribution in [0.3, 0.4) is 0 Å². The first-order chi connectivity index (χ1) is 18.2. The fourth-order valence-corrected chi connectivity index (χ4v) is 6.19. The highest BCUT2D eigenvalue weighted by Crippen LogP contribution is 2.36. The molecule has 4 rings (SSSR count). The predicted octanol–water partition coefficient (Wildman–Crippen LogP) is 6.01. The third kappa shape index (κ3) is 5.78. The van der Waals surface area contributed by atoms with Crippen molar-refractivity contribution in [2.45, 2.75) is 11.4 Å². The van der Waals surface area contributed by atoms with Crippen molar-refractivity contribution in [2.24, 2.45) is 0 Å². The molecule has 0 atom stereocenters. The zero-order valence-electron chi connectivity index (χ0n) is 19.7. The fraction of sp³-hybridized carbons (Fsp3) is 0.125. The van der Waals surface area contributed by atoms with Crippen LogP contribution in [0.4, 0.5) is 9.52 Å². The third-order valence-electron chi connectivity index (χ3n) is 5.23. The molecule has 9 nitrogen and oxygen atoms in total. The number of nitriles is 1. The number of rotatable bonds is 9. The Bertz CT molecular complexity index is 1630. The Morgan fingerprint density at radius 1 is 1.11 bits per heavy atom. The number of ether oxygens (including phenoxy) is 3. The highest BCUT2D eigenvalue weighted by atomic mass is 127. The van der Waals surface area contributed by atoms with Gasteiger partial charge in [0, 0.05) is 29.2 Å². The summed E-state index contributed by atoms with van der Waals surface area (Å²) in [5.74, 6) is 0.638. The van der Waals surface area contributed by atoms with E-state index in [4.69, 9.17) is 25.8 Å². The summed E-state index contributed by atoms with van der Waals surface area (Å²) in [5, 5.41) is 9.72. The van der Waals surface area contributed by atoms with Crippen LogP contribution in [-0.4, -0.2) is 32.0 Å². The number of hydrogen-bond acceptors (Lipinski definition) is 9. The van der Waals surface area contributed by atoms with Crippen LogP contribution in [0, 0.1) is 20.7 Å². The second kappa shape index (κ2) is 11.7. The summed E-state index contributed by atoms with van der Waals surface area (Å²) in [4.78, 5) is 3.92. The number of methoxy groups -OCH3 is 2. The van der Waals surface area contributed by atoms with E-state index < -0.39 is 15.8 Å². The standard InChI is InChI=1S/C24H17ClFIN4O5S2/c1-34-16-4-3-14(22(8-16)35-2)12-31(24-29-13-30-37-24)38(32,33)17-5-6-21(15(7-17)11-28)36-23-9-18(25)19(26)10-20(23)27/h3-10,13H,12H2,1-2H3. The molecule has 0 bridgehead atoms. The first-order valence-corrected chi connectivity index (χ1v) is 14.2. The van der Waals surface area contributed by atoms with Crippen molar-refractivity contribution in [3.8, 4) is 29.1 Å². The maximum atomic E-state index is 13.8. The Hall–Kier alpha value is -3.19. The monoisotopic (exact) mass is 686 g/mol. The average molecular weight is 687 g/mol. The van der Waals surface area contributed by atoms with Gasteiger partial charge >= 0.3 is 0 Å². The third-order valence-corrected chi connectivity index (χ3v) is 8.89. The molecule has 0 saturated carbocycles. The van der Waals surface area contributed by atoms with E-state index >= 15 is 0 Å². The number of sulfonamides is 1. The van der Waals surface area contributed by atoms with Crippen LogP contribution in [-0.2, 0) is 16.6 Å². The van der Waals surface area contributed by atoms with Crippen molar-refractivity contribution in [2.75, 3.05) is 18.5 Å². The average Bonchev–Trinajstić information content (AvgIpc) is 3.44. The highest BCUT2D eigenvalue weighted by Gasteiger charge is 2.29. The summed E-state index contributed by atoms with van der Waals surface area (Å²) < 4.78 is 63.2. The van der Waals surface area contributed by atoms with Crippen LogP contribution < -0.4 is 18.5 Å². The zero-order chi connectivity index (χ0) is 27.4. The van der Waals surface area contributed by atoms with E-state index in [-0.39, 0.29) is 38.7 Å². The van der Waals surface area contributed by atoms with E-state index in [1.54, 1.807) is 18.2 Å². The summed E-state index contributed by atoms with van der Waals surface area (Å²) >= 11 is 8.63. The van der Waals surface area contributed by atoms with Gasteiger partial charge in [0.25, 0.3) is 10.0 Å². The minimum absolute atomic E-state index is 0.0541. The van der Waals surface area contributed by atoms with Crippen LogP contribution in [0.15, 0.2) is 59.8 Å². The maximum Gasteiger partial charge on any atom is 0.266 e. The normalized spacial score (nSPS) is 11.1. The van der Waals surface area contributed by atoms with Gasteiger partial charge in [-0.1, -0.05) is 11.6 Å². The molecular formula is C24H17ClFIN4O5S2.